The molecule has 2 atom stereocenters. The van der Waals surface area contributed by atoms with Crippen molar-refractivity contribution in [1.82, 2.24) is 5.32 Å². The Labute approximate surface area is 90.1 Å². The Bertz CT molecular complexity index is 198. The third kappa shape index (κ3) is 3.65. The van der Waals surface area contributed by atoms with E-state index in [1.165, 1.54) is 7.11 Å². The zero-order chi connectivity index (χ0) is 9.68. The van der Waals surface area contributed by atoms with Crippen molar-refractivity contribution < 1.29 is 14.3 Å². The first-order valence-corrected chi connectivity index (χ1v) is 4.31. The summed E-state index contributed by atoms with van der Waals surface area (Å²) in [5.74, 6) is -0.218. The maximum absolute atomic E-state index is 11.1. The van der Waals surface area contributed by atoms with E-state index in [1.54, 1.807) is 6.08 Å². The molecule has 4 nitrogen and oxygen atoms in total. The monoisotopic (exact) mass is 221 g/mol. The molecule has 0 spiro atoms. The topological polar surface area (TPSA) is 47.6 Å². The van der Waals surface area contributed by atoms with E-state index in [-0.39, 0.29) is 30.5 Å². The number of methoxy groups -OCH3 is 1. The van der Waals surface area contributed by atoms with Crippen LogP contribution >= 0.6 is 12.4 Å². The number of nitrogens with one attached hydrogen (secondary N) is 1. The van der Waals surface area contributed by atoms with Crippen LogP contribution < -0.4 is 5.32 Å². The Kier molecular flexibility index (Phi) is 6.53. The molecule has 0 aromatic rings. The van der Waals surface area contributed by atoms with Gasteiger partial charge in [0.05, 0.1) is 19.8 Å². The predicted octanol–water partition coefficient (Wildman–Crippen LogP) is 0.514. The van der Waals surface area contributed by atoms with Crippen molar-refractivity contribution in [2.75, 3.05) is 20.3 Å². The van der Waals surface area contributed by atoms with Gasteiger partial charge in [0.1, 0.15) is 6.04 Å². The van der Waals surface area contributed by atoms with Gasteiger partial charge in [-0.2, -0.15) is 0 Å². The number of hydrogen-bond acceptors (Lipinski definition) is 4. The van der Waals surface area contributed by atoms with E-state index in [0.29, 0.717) is 19.6 Å². The molecule has 0 aromatic carbocycles. The van der Waals surface area contributed by atoms with Crippen LogP contribution in [-0.4, -0.2) is 38.4 Å². The van der Waals surface area contributed by atoms with E-state index in [2.05, 4.69) is 16.6 Å². The first kappa shape index (κ1) is 13.4. The van der Waals surface area contributed by atoms with Crippen molar-refractivity contribution in [1.29, 1.82) is 0 Å². The van der Waals surface area contributed by atoms with Crippen LogP contribution in [0.5, 0.6) is 0 Å². The smallest absolute Gasteiger partial charge is 0.322 e. The Morgan fingerprint density at radius 1 is 1.71 bits per heavy atom. The summed E-state index contributed by atoms with van der Waals surface area (Å²) in [6, 6.07) is -0.209. The van der Waals surface area contributed by atoms with Gasteiger partial charge in [-0.3, -0.25) is 4.79 Å². The van der Waals surface area contributed by atoms with Crippen LogP contribution in [-0.2, 0) is 14.3 Å². The Balaban J connectivity index is 0.00000169. The first-order chi connectivity index (χ1) is 6.27. The predicted molar refractivity (Wildman–Crippen MR) is 55.6 cm³/mol. The molecule has 1 heterocycles. The van der Waals surface area contributed by atoms with E-state index >= 15 is 0 Å². The lowest BCUT2D eigenvalue weighted by molar-refractivity contribution is -0.142. The van der Waals surface area contributed by atoms with Gasteiger partial charge in [-0.05, 0) is 0 Å². The minimum Gasteiger partial charge on any atom is -0.468 e. The van der Waals surface area contributed by atoms with Crippen molar-refractivity contribution >= 4 is 18.4 Å². The third-order valence-corrected chi connectivity index (χ3v) is 2.03. The molecule has 0 bridgehead atoms. The number of carbonyl (C=O) groups excluding carboxylic acids is 1. The lowest BCUT2D eigenvalue weighted by Crippen LogP contribution is -2.31. The molecule has 1 fully saturated rings. The van der Waals surface area contributed by atoms with E-state index in [4.69, 9.17) is 4.74 Å². The SMILES string of the molecule is C=CCOC1CNC(C(=O)OC)C1.Cl. The molecule has 1 saturated heterocycles. The fraction of sp³-hybridized carbons (Fsp3) is 0.667. The summed E-state index contributed by atoms with van der Waals surface area (Å²) >= 11 is 0. The van der Waals surface area contributed by atoms with Gasteiger partial charge in [-0.15, -0.1) is 19.0 Å². The molecule has 1 rings (SSSR count). The standard InChI is InChI=1S/C9H15NO3.ClH/c1-3-4-13-7-5-8(10-6-7)9(11)12-2;/h3,7-8,10H,1,4-6H2,2H3;1H. The van der Waals surface area contributed by atoms with Crippen molar-refractivity contribution in [3.05, 3.63) is 12.7 Å². The Hall–Kier alpha value is -0.580. The molecule has 0 amide bonds. The number of esters is 1. The number of hydrogen-bond donors (Lipinski definition) is 1. The Morgan fingerprint density at radius 2 is 2.43 bits per heavy atom. The molecule has 0 aromatic heterocycles. The molecule has 0 radical (unpaired) electrons. The fourth-order valence-corrected chi connectivity index (χ4v) is 1.36. The van der Waals surface area contributed by atoms with Crippen LogP contribution in [0.4, 0.5) is 0 Å². The second kappa shape index (κ2) is 6.81. The fourth-order valence-electron chi connectivity index (χ4n) is 1.36. The van der Waals surface area contributed by atoms with Crippen molar-refractivity contribution in [2.24, 2.45) is 0 Å². The highest BCUT2D eigenvalue weighted by Gasteiger charge is 2.30. The summed E-state index contributed by atoms with van der Waals surface area (Å²) in [7, 11) is 1.39. The van der Waals surface area contributed by atoms with Crippen LogP contribution in [0, 0.1) is 0 Å². The quantitative estimate of drug-likeness (QED) is 0.555. The highest BCUT2D eigenvalue weighted by atomic mass is 35.5. The van der Waals surface area contributed by atoms with Gasteiger partial charge in [0.25, 0.3) is 0 Å². The first-order valence-electron chi connectivity index (χ1n) is 4.31. The molecule has 1 N–H and O–H groups in total. The molecule has 82 valence electrons. The van der Waals surface area contributed by atoms with Gasteiger partial charge >= 0.3 is 5.97 Å². The van der Waals surface area contributed by atoms with Crippen LogP contribution in [0.25, 0.3) is 0 Å². The van der Waals surface area contributed by atoms with Crippen LogP contribution in [0.2, 0.25) is 0 Å². The van der Waals surface area contributed by atoms with Crippen LogP contribution in [0.1, 0.15) is 6.42 Å². The van der Waals surface area contributed by atoms with Gasteiger partial charge in [0.2, 0.25) is 0 Å². The minimum atomic E-state index is -0.218. The van der Waals surface area contributed by atoms with Crippen LogP contribution in [0.3, 0.4) is 0 Å². The molecule has 1 aliphatic rings. The normalized spacial score (nSPS) is 25.2. The Morgan fingerprint density at radius 3 is 3.00 bits per heavy atom. The summed E-state index contributed by atoms with van der Waals surface area (Å²) in [5.41, 5.74) is 0. The van der Waals surface area contributed by atoms with Gasteiger partial charge in [-0.25, -0.2) is 0 Å². The highest BCUT2D eigenvalue weighted by Crippen LogP contribution is 2.11. The van der Waals surface area contributed by atoms with Gasteiger partial charge in [0.15, 0.2) is 0 Å². The number of rotatable bonds is 4. The van der Waals surface area contributed by atoms with Crippen molar-refractivity contribution in [3.63, 3.8) is 0 Å². The van der Waals surface area contributed by atoms with E-state index < -0.39 is 0 Å². The number of carbonyl (C=O) groups is 1. The third-order valence-electron chi connectivity index (χ3n) is 2.03. The summed E-state index contributed by atoms with van der Waals surface area (Å²) < 4.78 is 10.00. The average Bonchev–Trinajstić information content (AvgIpc) is 2.62. The van der Waals surface area contributed by atoms with Crippen LogP contribution in [0.15, 0.2) is 12.7 Å². The lowest BCUT2D eigenvalue weighted by Gasteiger charge is -2.08. The number of ether oxygens (including phenoxy) is 2. The minimum absolute atomic E-state index is 0. The van der Waals surface area contributed by atoms with Gasteiger partial charge in [-0.1, -0.05) is 6.08 Å². The lowest BCUT2D eigenvalue weighted by atomic mass is 10.2. The summed E-state index contributed by atoms with van der Waals surface area (Å²) in [5, 5.41) is 3.03. The molecule has 0 aliphatic carbocycles. The van der Waals surface area contributed by atoms with E-state index in [9.17, 15) is 4.79 Å². The second-order valence-corrected chi connectivity index (χ2v) is 2.96. The zero-order valence-electron chi connectivity index (χ0n) is 8.19. The molecule has 2 unspecified atom stereocenters. The van der Waals surface area contributed by atoms with Crippen molar-refractivity contribution in [3.8, 4) is 0 Å². The molecule has 0 saturated carbocycles. The molecular weight excluding hydrogens is 206 g/mol. The van der Waals surface area contributed by atoms with E-state index in [0.717, 1.165) is 0 Å². The molecule has 5 heteroatoms. The summed E-state index contributed by atoms with van der Waals surface area (Å²) in [6.45, 7) is 4.78. The molecule has 1 aliphatic heterocycles. The van der Waals surface area contributed by atoms with Gasteiger partial charge in [0, 0.05) is 13.0 Å². The summed E-state index contributed by atoms with van der Waals surface area (Å²) in [4.78, 5) is 11.1. The summed E-state index contributed by atoms with van der Waals surface area (Å²) in [6.07, 6.45) is 2.48. The maximum Gasteiger partial charge on any atom is 0.322 e. The maximum atomic E-state index is 11.1. The molecular formula is C9H16ClNO3. The van der Waals surface area contributed by atoms with E-state index in [1.807, 2.05) is 0 Å². The number of halogens is 1. The largest absolute Gasteiger partial charge is 0.468 e. The average molecular weight is 222 g/mol. The highest BCUT2D eigenvalue weighted by molar-refractivity contribution is 5.85. The van der Waals surface area contributed by atoms with Gasteiger partial charge < -0.3 is 14.8 Å². The van der Waals surface area contributed by atoms with Crippen molar-refractivity contribution in [2.45, 2.75) is 18.6 Å². The molecule has 14 heavy (non-hydrogen) atoms. The zero-order valence-corrected chi connectivity index (χ0v) is 9.01. The second-order valence-electron chi connectivity index (χ2n) is 2.96.